The molecule has 2 aromatic rings. The molecule has 0 aliphatic carbocycles. The molecule has 0 N–H and O–H groups in total. The Morgan fingerprint density at radius 3 is 2.20 bits per heavy atom. The molecule has 1 nitrogen and oxygen atoms in total. The van der Waals surface area contributed by atoms with E-state index in [9.17, 15) is 13.2 Å². The highest BCUT2D eigenvalue weighted by Gasteiger charge is 2.31. The minimum atomic E-state index is -4.42. The summed E-state index contributed by atoms with van der Waals surface area (Å²) in [5.74, 6) is 1.27. The number of thiol groups is 1. The van der Waals surface area contributed by atoms with Gasteiger partial charge >= 0.3 is 6.18 Å². The number of rotatable bonds is 3. The minimum absolute atomic E-state index is 0.0851. The molecule has 0 atom stereocenters. The first-order valence-corrected chi connectivity index (χ1v) is 6.65. The number of hydrogen-bond donors (Lipinski definition) is 1. The van der Waals surface area contributed by atoms with E-state index >= 15 is 0 Å². The predicted molar refractivity (Wildman–Crippen MR) is 75.7 cm³/mol. The van der Waals surface area contributed by atoms with Gasteiger partial charge in [0.15, 0.2) is 0 Å². The van der Waals surface area contributed by atoms with Crippen molar-refractivity contribution in [1.29, 1.82) is 0 Å². The Kier molecular flexibility index (Phi) is 4.50. The van der Waals surface area contributed by atoms with E-state index < -0.39 is 11.7 Å². The topological polar surface area (TPSA) is 9.23 Å². The quantitative estimate of drug-likeness (QED) is 0.727. The van der Waals surface area contributed by atoms with Crippen LogP contribution in [0.5, 0.6) is 11.5 Å². The summed E-state index contributed by atoms with van der Waals surface area (Å²) in [5, 5.41) is -0.0851. The van der Waals surface area contributed by atoms with Crippen molar-refractivity contribution in [3.8, 4) is 11.5 Å². The van der Waals surface area contributed by atoms with Crippen LogP contribution in [0.25, 0.3) is 0 Å². The van der Waals surface area contributed by atoms with E-state index in [1.54, 1.807) is 12.1 Å². The highest BCUT2D eigenvalue weighted by molar-refractivity contribution is 7.79. The van der Waals surface area contributed by atoms with Crippen LogP contribution in [0.15, 0.2) is 42.5 Å². The summed E-state index contributed by atoms with van der Waals surface area (Å²) in [7, 11) is 0. The van der Waals surface area contributed by atoms with Crippen LogP contribution in [0.2, 0.25) is 5.02 Å². The van der Waals surface area contributed by atoms with Gasteiger partial charge in [0, 0.05) is 5.75 Å². The molecule has 0 saturated heterocycles. The second kappa shape index (κ2) is 5.97. The Hall–Kier alpha value is -1.33. The normalized spacial score (nSPS) is 11.4. The van der Waals surface area contributed by atoms with Crippen molar-refractivity contribution in [2.45, 2.75) is 11.9 Å². The van der Waals surface area contributed by atoms with E-state index in [2.05, 4.69) is 12.6 Å². The third-order valence-electron chi connectivity index (χ3n) is 2.59. The zero-order valence-corrected chi connectivity index (χ0v) is 11.8. The average Bonchev–Trinajstić information content (AvgIpc) is 2.41. The van der Waals surface area contributed by atoms with Crippen molar-refractivity contribution in [2.24, 2.45) is 0 Å². The van der Waals surface area contributed by atoms with Gasteiger partial charge < -0.3 is 4.74 Å². The van der Waals surface area contributed by atoms with E-state index in [1.165, 1.54) is 6.07 Å². The maximum absolute atomic E-state index is 12.5. The standard InChI is InChI=1S/C14H10ClF3OS/c15-12-7-10(14(16,17)18)3-6-13(12)19-11-4-1-9(8-20)2-5-11/h1-7,20H,8H2. The molecule has 2 aromatic carbocycles. The maximum Gasteiger partial charge on any atom is 0.416 e. The second-order valence-electron chi connectivity index (χ2n) is 4.05. The fraction of sp³-hybridized carbons (Fsp3) is 0.143. The molecule has 0 bridgehead atoms. The first kappa shape index (κ1) is 15.1. The van der Waals surface area contributed by atoms with Crippen molar-refractivity contribution < 1.29 is 17.9 Å². The number of halogens is 4. The number of alkyl halides is 3. The first-order valence-electron chi connectivity index (χ1n) is 5.64. The van der Waals surface area contributed by atoms with Gasteiger partial charge in [-0.25, -0.2) is 0 Å². The SMILES string of the molecule is FC(F)(F)c1ccc(Oc2ccc(CS)cc2)c(Cl)c1. The lowest BCUT2D eigenvalue weighted by Crippen LogP contribution is -2.04. The fourth-order valence-electron chi connectivity index (χ4n) is 1.55. The number of ether oxygens (including phenoxy) is 1. The average molecular weight is 319 g/mol. The Labute approximate surface area is 124 Å². The van der Waals surface area contributed by atoms with Gasteiger partial charge in [-0.1, -0.05) is 23.7 Å². The summed E-state index contributed by atoms with van der Waals surface area (Å²) in [5.41, 5.74) is 0.208. The fourth-order valence-corrected chi connectivity index (χ4v) is 1.98. The summed E-state index contributed by atoms with van der Waals surface area (Å²) in [6, 6.07) is 10.0. The Bertz CT molecular complexity index is 596. The third kappa shape index (κ3) is 3.61. The van der Waals surface area contributed by atoms with E-state index in [1.807, 2.05) is 12.1 Å². The summed E-state index contributed by atoms with van der Waals surface area (Å²) in [4.78, 5) is 0. The lowest BCUT2D eigenvalue weighted by atomic mass is 10.2. The van der Waals surface area contributed by atoms with Crippen LogP contribution in [0.3, 0.4) is 0 Å². The number of benzene rings is 2. The van der Waals surface area contributed by atoms with Crippen molar-refractivity contribution in [3.05, 3.63) is 58.6 Å². The van der Waals surface area contributed by atoms with Gasteiger partial charge in [0.25, 0.3) is 0 Å². The zero-order chi connectivity index (χ0) is 14.8. The van der Waals surface area contributed by atoms with Crippen molar-refractivity contribution in [2.75, 3.05) is 0 Å². The molecule has 0 aliphatic rings. The maximum atomic E-state index is 12.5. The number of hydrogen-bond acceptors (Lipinski definition) is 2. The first-order chi connectivity index (χ1) is 9.40. The smallest absolute Gasteiger partial charge is 0.416 e. The summed E-state index contributed by atoms with van der Waals surface area (Å²) in [6.45, 7) is 0. The van der Waals surface area contributed by atoms with Crippen molar-refractivity contribution >= 4 is 24.2 Å². The van der Waals surface area contributed by atoms with Gasteiger partial charge in [0.1, 0.15) is 11.5 Å². The van der Waals surface area contributed by atoms with Crippen LogP contribution in [-0.4, -0.2) is 0 Å². The lowest BCUT2D eigenvalue weighted by molar-refractivity contribution is -0.137. The molecular formula is C14H10ClF3OS. The molecule has 0 heterocycles. The summed E-state index contributed by atoms with van der Waals surface area (Å²) < 4.78 is 43.0. The molecule has 106 valence electrons. The van der Waals surface area contributed by atoms with E-state index in [0.717, 1.165) is 17.7 Å². The molecule has 0 fully saturated rings. The van der Waals surface area contributed by atoms with E-state index in [-0.39, 0.29) is 10.8 Å². The van der Waals surface area contributed by atoms with Gasteiger partial charge in [0.05, 0.1) is 10.6 Å². The Morgan fingerprint density at radius 2 is 1.70 bits per heavy atom. The van der Waals surface area contributed by atoms with Gasteiger partial charge in [-0.2, -0.15) is 25.8 Å². The van der Waals surface area contributed by atoms with E-state index in [4.69, 9.17) is 16.3 Å². The molecule has 0 saturated carbocycles. The van der Waals surface area contributed by atoms with Crippen LogP contribution < -0.4 is 4.74 Å². The van der Waals surface area contributed by atoms with Crippen LogP contribution >= 0.6 is 24.2 Å². The molecule has 0 radical (unpaired) electrons. The monoisotopic (exact) mass is 318 g/mol. The van der Waals surface area contributed by atoms with E-state index in [0.29, 0.717) is 11.5 Å². The van der Waals surface area contributed by atoms with Gasteiger partial charge in [0.2, 0.25) is 0 Å². The summed E-state index contributed by atoms with van der Waals surface area (Å²) >= 11 is 9.94. The molecule has 0 amide bonds. The van der Waals surface area contributed by atoms with Crippen LogP contribution in [0.1, 0.15) is 11.1 Å². The van der Waals surface area contributed by atoms with Crippen LogP contribution in [-0.2, 0) is 11.9 Å². The molecule has 0 aromatic heterocycles. The minimum Gasteiger partial charge on any atom is -0.456 e. The Balaban J connectivity index is 2.21. The second-order valence-corrected chi connectivity index (χ2v) is 4.77. The van der Waals surface area contributed by atoms with Crippen molar-refractivity contribution in [1.82, 2.24) is 0 Å². The van der Waals surface area contributed by atoms with Crippen LogP contribution in [0.4, 0.5) is 13.2 Å². The lowest BCUT2D eigenvalue weighted by Gasteiger charge is -2.11. The molecule has 0 unspecified atom stereocenters. The molecular weight excluding hydrogens is 309 g/mol. The highest BCUT2D eigenvalue weighted by Crippen LogP contribution is 2.36. The van der Waals surface area contributed by atoms with Gasteiger partial charge in [-0.05, 0) is 35.9 Å². The highest BCUT2D eigenvalue weighted by atomic mass is 35.5. The summed E-state index contributed by atoms with van der Waals surface area (Å²) in [6.07, 6.45) is -4.42. The largest absolute Gasteiger partial charge is 0.456 e. The molecule has 2 rings (SSSR count). The zero-order valence-electron chi connectivity index (χ0n) is 10.1. The molecule has 6 heteroatoms. The van der Waals surface area contributed by atoms with Crippen LogP contribution in [0, 0.1) is 0 Å². The van der Waals surface area contributed by atoms with Gasteiger partial charge in [-0.3, -0.25) is 0 Å². The van der Waals surface area contributed by atoms with Crippen molar-refractivity contribution in [3.63, 3.8) is 0 Å². The molecule has 20 heavy (non-hydrogen) atoms. The molecule has 0 spiro atoms. The molecule has 0 aliphatic heterocycles. The van der Waals surface area contributed by atoms with Gasteiger partial charge in [-0.15, -0.1) is 0 Å². The Morgan fingerprint density at radius 1 is 1.05 bits per heavy atom. The third-order valence-corrected chi connectivity index (χ3v) is 3.25. The predicted octanol–water partition coefficient (Wildman–Crippen LogP) is 5.58.